The molecule has 1 aliphatic heterocycles. The lowest BCUT2D eigenvalue weighted by Crippen LogP contribution is -2.46. The molecule has 1 aromatic rings. The smallest absolute Gasteiger partial charge is 0.0609 e. The van der Waals surface area contributed by atoms with Gasteiger partial charge in [0.25, 0.3) is 0 Å². The maximum atomic E-state index is 3.68. The molecular weight excluding hydrogens is 641 g/mol. The summed E-state index contributed by atoms with van der Waals surface area (Å²) in [4.78, 5) is 5.82. The summed E-state index contributed by atoms with van der Waals surface area (Å²) < 4.78 is 0. The third-order valence-electron chi connectivity index (χ3n) is 15.7. The van der Waals surface area contributed by atoms with Crippen molar-refractivity contribution in [1.29, 1.82) is 0 Å². The zero-order valence-electron chi connectivity index (χ0n) is 32.8. The van der Waals surface area contributed by atoms with Gasteiger partial charge in [-0.2, -0.15) is 0 Å². The quantitative estimate of drug-likeness (QED) is 0.215. The van der Waals surface area contributed by atoms with Gasteiger partial charge in [-0.3, -0.25) is 0 Å². The number of rotatable bonds is 6. The Morgan fingerprint density at radius 2 is 1.57 bits per heavy atom. The van der Waals surface area contributed by atoms with E-state index in [9.17, 15) is 0 Å². The minimum atomic E-state index is 0.183. The van der Waals surface area contributed by atoms with Gasteiger partial charge in [-0.15, -0.1) is 5.73 Å². The summed E-state index contributed by atoms with van der Waals surface area (Å²) >= 11 is 0. The predicted octanol–water partition coefficient (Wildman–Crippen LogP) is 12.8. The Morgan fingerprint density at radius 1 is 0.792 bits per heavy atom. The van der Waals surface area contributed by atoms with Gasteiger partial charge in [0.2, 0.25) is 0 Å². The van der Waals surface area contributed by atoms with Crippen molar-refractivity contribution in [2.75, 3.05) is 0 Å². The average Bonchev–Trinajstić information content (AvgIpc) is 3.90. The van der Waals surface area contributed by atoms with E-state index in [-0.39, 0.29) is 5.41 Å². The van der Waals surface area contributed by atoms with E-state index in [0.717, 1.165) is 18.3 Å². The third kappa shape index (κ3) is 5.80. The molecule has 1 aromatic carbocycles. The zero-order chi connectivity index (χ0) is 35.7. The highest BCUT2D eigenvalue weighted by atomic mass is 15.2. The molecule has 2 saturated carbocycles. The number of hydrogen-bond donors (Lipinski definition) is 0. The zero-order valence-corrected chi connectivity index (χ0v) is 32.8. The van der Waals surface area contributed by atoms with Crippen LogP contribution in [0.4, 0.5) is 0 Å². The van der Waals surface area contributed by atoms with Crippen LogP contribution in [-0.2, 0) is 0 Å². The van der Waals surface area contributed by atoms with Crippen LogP contribution in [0.2, 0.25) is 0 Å². The van der Waals surface area contributed by atoms with Crippen LogP contribution in [0.3, 0.4) is 0 Å². The SMILES string of the molecule is CC1CC2=C(C=C1C1CCC(N(C3=CCC4C(=C3)C(C)(C)C3=C4C=CCC3)C3CCC(c4ccccc4)CC3)CC1)C1C=CCCC1N2C1=C=CCC1. The van der Waals surface area contributed by atoms with Gasteiger partial charge in [0.05, 0.1) is 5.70 Å². The van der Waals surface area contributed by atoms with Crippen LogP contribution >= 0.6 is 0 Å². The lowest BCUT2D eigenvalue weighted by molar-refractivity contribution is 0.107. The molecule has 276 valence electrons. The van der Waals surface area contributed by atoms with Crippen molar-refractivity contribution < 1.29 is 0 Å². The molecule has 2 nitrogen and oxygen atoms in total. The standard InChI is InChI=1S/C51H62N2/c1-34-31-50-46(44-18-10-12-20-49(44)53(50)38-15-7-8-16-38)33-45(34)37-23-27-40(28-24-37)52(39-25-21-36(22-26-39)35-13-5-4-6-14-35)41-29-30-43-42-17-9-11-19-47(42)51(2,3)48(43)32-41/h4-7,9-10,13-14,17-18,29,32-34,36-37,39-40,43-44,49H,8,11-12,16,19-28,30-31H2,1-3H3. The number of fused-ring (bicyclic) bond motifs is 4. The van der Waals surface area contributed by atoms with E-state index in [1.165, 1.54) is 102 Å². The Bertz CT molecular complexity index is 1900. The van der Waals surface area contributed by atoms with Crippen LogP contribution in [0.25, 0.3) is 0 Å². The second-order valence-corrected chi connectivity index (χ2v) is 18.8. The molecule has 0 spiro atoms. The first-order valence-corrected chi connectivity index (χ1v) is 22.0. The van der Waals surface area contributed by atoms with Gasteiger partial charge < -0.3 is 9.80 Å². The number of benzene rings is 1. The van der Waals surface area contributed by atoms with E-state index >= 15 is 0 Å². The van der Waals surface area contributed by atoms with Crippen molar-refractivity contribution in [1.82, 2.24) is 9.80 Å². The molecule has 9 aliphatic rings. The first kappa shape index (κ1) is 34.0. The van der Waals surface area contributed by atoms with Gasteiger partial charge in [0, 0.05) is 46.8 Å². The Balaban J connectivity index is 0.910. The first-order valence-electron chi connectivity index (χ1n) is 22.0. The van der Waals surface area contributed by atoms with Gasteiger partial charge in [0.1, 0.15) is 0 Å². The van der Waals surface area contributed by atoms with Crippen molar-refractivity contribution in [3.63, 3.8) is 0 Å². The summed E-state index contributed by atoms with van der Waals surface area (Å²) in [6.45, 7) is 7.62. The van der Waals surface area contributed by atoms with E-state index in [1.54, 1.807) is 44.8 Å². The molecule has 4 unspecified atom stereocenters. The highest BCUT2D eigenvalue weighted by Gasteiger charge is 2.46. The average molecular weight is 703 g/mol. The van der Waals surface area contributed by atoms with Crippen LogP contribution in [0.5, 0.6) is 0 Å². The van der Waals surface area contributed by atoms with Crippen molar-refractivity contribution in [3.05, 3.63) is 135 Å². The van der Waals surface area contributed by atoms with Crippen LogP contribution in [-0.4, -0.2) is 27.9 Å². The molecule has 0 saturated heterocycles. The Morgan fingerprint density at radius 3 is 2.32 bits per heavy atom. The molecule has 10 rings (SSSR count). The maximum absolute atomic E-state index is 3.68. The van der Waals surface area contributed by atoms with E-state index in [1.807, 2.05) is 0 Å². The maximum Gasteiger partial charge on any atom is 0.0609 e. The third-order valence-corrected chi connectivity index (χ3v) is 15.7. The van der Waals surface area contributed by atoms with E-state index in [4.69, 9.17) is 0 Å². The monoisotopic (exact) mass is 702 g/mol. The second kappa shape index (κ2) is 13.7. The summed E-state index contributed by atoms with van der Waals surface area (Å²) in [7, 11) is 0. The molecule has 0 aromatic heterocycles. The Hall–Kier alpha value is -3.48. The van der Waals surface area contributed by atoms with Crippen LogP contribution in [0.1, 0.15) is 135 Å². The minimum absolute atomic E-state index is 0.183. The van der Waals surface area contributed by atoms with Crippen LogP contribution < -0.4 is 0 Å². The highest BCUT2D eigenvalue weighted by molar-refractivity contribution is 5.55. The fraction of sp³-hybridized carbons (Fsp3) is 0.549. The topological polar surface area (TPSA) is 6.48 Å². The van der Waals surface area contributed by atoms with E-state index in [0.29, 0.717) is 35.9 Å². The molecule has 0 radical (unpaired) electrons. The van der Waals surface area contributed by atoms with E-state index < -0.39 is 0 Å². The van der Waals surface area contributed by atoms with Gasteiger partial charge >= 0.3 is 0 Å². The number of hydrogen-bond acceptors (Lipinski definition) is 2. The Kier molecular flexibility index (Phi) is 8.78. The molecule has 8 aliphatic carbocycles. The van der Waals surface area contributed by atoms with Crippen molar-refractivity contribution in [2.45, 2.75) is 148 Å². The van der Waals surface area contributed by atoms with Gasteiger partial charge in [-0.05, 0) is 149 Å². The van der Waals surface area contributed by atoms with Gasteiger partial charge in [-0.1, -0.05) is 104 Å². The lowest BCUT2D eigenvalue weighted by Gasteiger charge is -2.48. The predicted molar refractivity (Wildman–Crippen MR) is 220 cm³/mol. The minimum Gasteiger partial charge on any atom is -0.366 e. The molecule has 4 atom stereocenters. The fourth-order valence-electron chi connectivity index (χ4n) is 13.1. The lowest BCUT2D eigenvalue weighted by atomic mass is 9.71. The first-order chi connectivity index (χ1) is 26.0. The molecule has 2 fully saturated rings. The van der Waals surface area contributed by atoms with Gasteiger partial charge in [0.15, 0.2) is 0 Å². The van der Waals surface area contributed by atoms with Crippen LogP contribution in [0, 0.1) is 29.1 Å². The number of allylic oxidation sites excluding steroid dienone is 12. The summed E-state index contributed by atoms with van der Waals surface area (Å²) in [5.41, 5.74) is 18.7. The number of nitrogens with zero attached hydrogens (tertiary/aromatic N) is 2. The largest absolute Gasteiger partial charge is 0.366 e. The molecule has 53 heavy (non-hydrogen) atoms. The molecular formula is C51H62N2. The van der Waals surface area contributed by atoms with Crippen LogP contribution in [0.15, 0.2) is 130 Å². The van der Waals surface area contributed by atoms with Crippen molar-refractivity contribution in [2.24, 2.45) is 29.1 Å². The van der Waals surface area contributed by atoms with Gasteiger partial charge in [-0.25, -0.2) is 0 Å². The molecule has 0 N–H and O–H groups in total. The molecule has 0 bridgehead atoms. The summed E-state index contributed by atoms with van der Waals surface area (Å²) in [5, 5.41) is 0. The molecule has 1 heterocycles. The Labute approximate surface area is 320 Å². The van der Waals surface area contributed by atoms with Crippen molar-refractivity contribution >= 4 is 0 Å². The molecule has 2 heteroatoms. The second-order valence-electron chi connectivity index (χ2n) is 18.8. The van der Waals surface area contributed by atoms with Crippen molar-refractivity contribution in [3.8, 4) is 0 Å². The van der Waals surface area contributed by atoms with E-state index in [2.05, 4.69) is 115 Å². The normalized spacial score (nSPS) is 35.6. The summed E-state index contributed by atoms with van der Waals surface area (Å²) in [5.74, 6) is 3.25. The summed E-state index contributed by atoms with van der Waals surface area (Å²) in [6, 6.07) is 13.3. The highest BCUT2D eigenvalue weighted by Crippen LogP contribution is 2.57. The summed E-state index contributed by atoms with van der Waals surface area (Å²) in [6.07, 6.45) is 40.7. The molecule has 0 amide bonds. The fourth-order valence-corrected chi connectivity index (χ4v) is 13.1.